The van der Waals surface area contributed by atoms with E-state index in [9.17, 15) is 4.79 Å². The average Bonchev–Trinajstić information content (AvgIpc) is 3.06. The number of halogens is 1. The van der Waals surface area contributed by atoms with Gasteiger partial charge in [-0.1, -0.05) is 34.1 Å². The van der Waals surface area contributed by atoms with Crippen LogP contribution in [-0.4, -0.2) is 15.6 Å². The van der Waals surface area contributed by atoms with Crippen LogP contribution in [0, 0.1) is 0 Å². The van der Waals surface area contributed by atoms with Gasteiger partial charge < -0.3 is 9.88 Å². The molecular formula is C22H23BrN4OS. The van der Waals surface area contributed by atoms with Gasteiger partial charge in [0.2, 0.25) is 5.91 Å². The number of amides is 1. The molecule has 3 aromatic rings. The maximum absolute atomic E-state index is 12.4. The van der Waals surface area contributed by atoms with Gasteiger partial charge in [-0.2, -0.15) is 0 Å². The SMILES string of the molecule is O=C(CCn1c2c(c3ccccc31)CCCC2)NNC(=S)Nc1ccc(Br)cc1. The zero-order valence-electron chi connectivity index (χ0n) is 16.0. The van der Waals surface area contributed by atoms with E-state index in [0.717, 1.165) is 23.0 Å². The average molecular weight is 471 g/mol. The Balaban J connectivity index is 1.34. The summed E-state index contributed by atoms with van der Waals surface area (Å²) in [4.78, 5) is 12.4. The molecule has 0 bridgehead atoms. The number of hydrazine groups is 1. The van der Waals surface area contributed by atoms with E-state index < -0.39 is 0 Å². The van der Waals surface area contributed by atoms with Gasteiger partial charge in [-0.25, -0.2) is 0 Å². The lowest BCUT2D eigenvalue weighted by atomic mass is 9.95. The van der Waals surface area contributed by atoms with E-state index in [1.165, 1.54) is 35.0 Å². The molecule has 2 aromatic carbocycles. The number of benzene rings is 2. The Kier molecular flexibility index (Phi) is 6.16. The molecular weight excluding hydrogens is 448 g/mol. The highest BCUT2D eigenvalue weighted by Crippen LogP contribution is 2.32. The topological polar surface area (TPSA) is 58.1 Å². The lowest BCUT2D eigenvalue weighted by Gasteiger charge is -2.16. The number of para-hydroxylation sites is 1. The van der Waals surface area contributed by atoms with Gasteiger partial charge >= 0.3 is 0 Å². The molecule has 0 unspecified atom stereocenters. The Hall–Kier alpha value is -2.38. The lowest BCUT2D eigenvalue weighted by molar-refractivity contribution is -0.121. The lowest BCUT2D eigenvalue weighted by Crippen LogP contribution is -2.44. The van der Waals surface area contributed by atoms with Crippen LogP contribution < -0.4 is 16.2 Å². The van der Waals surface area contributed by atoms with Gasteiger partial charge in [-0.15, -0.1) is 0 Å². The quantitative estimate of drug-likeness (QED) is 0.382. The molecule has 5 nitrogen and oxygen atoms in total. The summed E-state index contributed by atoms with van der Waals surface area (Å²) < 4.78 is 3.32. The Labute approximate surface area is 184 Å². The molecule has 1 amide bonds. The molecule has 0 spiro atoms. The molecule has 0 aliphatic heterocycles. The van der Waals surface area contributed by atoms with Gasteiger partial charge in [0.15, 0.2) is 5.11 Å². The number of thiocarbonyl (C=S) groups is 1. The predicted octanol–water partition coefficient (Wildman–Crippen LogP) is 4.69. The molecule has 3 N–H and O–H groups in total. The Bertz CT molecular complexity index is 1040. The number of fused-ring (bicyclic) bond motifs is 3. The Morgan fingerprint density at radius 3 is 2.62 bits per heavy atom. The van der Waals surface area contributed by atoms with Crippen molar-refractivity contribution in [3.8, 4) is 0 Å². The summed E-state index contributed by atoms with van der Waals surface area (Å²) in [7, 11) is 0. The summed E-state index contributed by atoms with van der Waals surface area (Å²) in [6.07, 6.45) is 5.07. The van der Waals surface area contributed by atoms with Crippen LogP contribution in [0.25, 0.3) is 10.9 Å². The van der Waals surface area contributed by atoms with E-state index in [4.69, 9.17) is 12.2 Å². The number of nitrogens with zero attached hydrogens (tertiary/aromatic N) is 1. The van der Waals surface area contributed by atoms with Crippen LogP contribution >= 0.6 is 28.1 Å². The summed E-state index contributed by atoms with van der Waals surface area (Å²) in [6.45, 7) is 0.663. The van der Waals surface area contributed by atoms with Gasteiger partial charge in [0.05, 0.1) is 0 Å². The molecule has 1 aromatic heterocycles. The third-order valence-corrected chi connectivity index (χ3v) is 6.00. The molecule has 1 aliphatic carbocycles. The highest BCUT2D eigenvalue weighted by atomic mass is 79.9. The van der Waals surface area contributed by atoms with Gasteiger partial charge in [-0.3, -0.25) is 15.6 Å². The highest BCUT2D eigenvalue weighted by Gasteiger charge is 2.19. The van der Waals surface area contributed by atoms with E-state index in [1.807, 2.05) is 24.3 Å². The maximum Gasteiger partial charge on any atom is 0.240 e. The minimum atomic E-state index is -0.0905. The second kappa shape index (κ2) is 8.97. The summed E-state index contributed by atoms with van der Waals surface area (Å²) >= 11 is 8.64. The van der Waals surface area contributed by atoms with Crippen LogP contribution in [0.3, 0.4) is 0 Å². The zero-order valence-corrected chi connectivity index (χ0v) is 18.4. The molecule has 0 radical (unpaired) electrons. The van der Waals surface area contributed by atoms with Crippen LogP contribution in [0.1, 0.15) is 30.5 Å². The highest BCUT2D eigenvalue weighted by molar-refractivity contribution is 9.10. The maximum atomic E-state index is 12.4. The number of nitrogens with one attached hydrogen (secondary N) is 3. The summed E-state index contributed by atoms with van der Waals surface area (Å²) in [5.41, 5.74) is 10.4. The first-order valence-electron chi connectivity index (χ1n) is 9.82. The van der Waals surface area contributed by atoms with E-state index in [-0.39, 0.29) is 5.91 Å². The minimum absolute atomic E-state index is 0.0905. The fourth-order valence-corrected chi connectivity index (χ4v) is 4.37. The first kappa shape index (κ1) is 19.9. The summed E-state index contributed by atoms with van der Waals surface area (Å²) in [5.74, 6) is -0.0905. The van der Waals surface area contributed by atoms with Gasteiger partial charge in [-0.05, 0) is 73.8 Å². The molecule has 0 saturated heterocycles. The van der Waals surface area contributed by atoms with Crippen LogP contribution in [0.5, 0.6) is 0 Å². The van der Waals surface area contributed by atoms with Crippen molar-refractivity contribution in [3.05, 3.63) is 64.3 Å². The van der Waals surface area contributed by atoms with Crippen molar-refractivity contribution in [2.45, 2.75) is 38.6 Å². The van der Waals surface area contributed by atoms with Crippen molar-refractivity contribution in [2.75, 3.05) is 5.32 Å². The number of hydrogen-bond acceptors (Lipinski definition) is 2. The molecule has 1 aliphatic rings. The van der Waals surface area contributed by atoms with E-state index in [1.54, 1.807) is 0 Å². The molecule has 7 heteroatoms. The van der Waals surface area contributed by atoms with Crippen LogP contribution in [0.2, 0.25) is 0 Å². The molecule has 0 fully saturated rings. The molecule has 1 heterocycles. The number of anilines is 1. The number of rotatable bonds is 4. The normalized spacial score (nSPS) is 13.0. The van der Waals surface area contributed by atoms with Crippen LogP contribution in [0.4, 0.5) is 5.69 Å². The number of hydrogen-bond donors (Lipinski definition) is 3. The smallest absolute Gasteiger partial charge is 0.240 e. The largest absolute Gasteiger partial charge is 0.344 e. The predicted molar refractivity (Wildman–Crippen MR) is 125 cm³/mol. The van der Waals surface area contributed by atoms with Crippen molar-refractivity contribution in [1.82, 2.24) is 15.4 Å². The van der Waals surface area contributed by atoms with Crippen molar-refractivity contribution in [2.24, 2.45) is 0 Å². The second-order valence-corrected chi connectivity index (χ2v) is 8.51. The zero-order chi connectivity index (χ0) is 20.2. The van der Waals surface area contributed by atoms with E-state index >= 15 is 0 Å². The summed E-state index contributed by atoms with van der Waals surface area (Å²) in [6, 6.07) is 16.2. The molecule has 150 valence electrons. The number of carbonyl (C=O) groups excluding carboxylic acids is 1. The minimum Gasteiger partial charge on any atom is -0.344 e. The van der Waals surface area contributed by atoms with Crippen molar-refractivity contribution >= 4 is 55.8 Å². The van der Waals surface area contributed by atoms with E-state index in [0.29, 0.717) is 18.1 Å². The first-order chi connectivity index (χ1) is 14.1. The number of aromatic nitrogens is 1. The third-order valence-electron chi connectivity index (χ3n) is 5.26. The first-order valence-corrected chi connectivity index (χ1v) is 11.0. The van der Waals surface area contributed by atoms with Gasteiger partial charge in [0.1, 0.15) is 0 Å². The second-order valence-electron chi connectivity index (χ2n) is 7.19. The van der Waals surface area contributed by atoms with Gasteiger partial charge in [0.25, 0.3) is 0 Å². The fourth-order valence-electron chi connectivity index (χ4n) is 3.94. The van der Waals surface area contributed by atoms with E-state index in [2.05, 4.69) is 60.9 Å². The fraction of sp³-hybridized carbons (Fsp3) is 0.273. The number of aryl methyl sites for hydroxylation is 2. The Morgan fingerprint density at radius 1 is 1.03 bits per heavy atom. The molecule has 29 heavy (non-hydrogen) atoms. The molecule has 4 rings (SSSR count). The third kappa shape index (κ3) is 4.62. The monoisotopic (exact) mass is 470 g/mol. The van der Waals surface area contributed by atoms with Crippen LogP contribution in [-0.2, 0) is 24.2 Å². The Morgan fingerprint density at radius 2 is 1.79 bits per heavy atom. The van der Waals surface area contributed by atoms with Crippen LogP contribution in [0.15, 0.2) is 53.0 Å². The molecule has 0 atom stereocenters. The molecule has 0 saturated carbocycles. The number of carbonyl (C=O) groups is 1. The van der Waals surface area contributed by atoms with Crippen molar-refractivity contribution in [1.29, 1.82) is 0 Å². The van der Waals surface area contributed by atoms with Gasteiger partial charge in [0, 0.05) is 39.7 Å². The van der Waals surface area contributed by atoms with Crippen molar-refractivity contribution < 1.29 is 4.79 Å². The standard InChI is InChI=1S/C22H23BrN4OS/c23-15-9-11-16(12-10-15)24-22(29)26-25-21(28)13-14-27-19-7-3-1-5-17(19)18-6-2-4-8-20(18)27/h1,3,5,7,9-12H,2,4,6,8,13-14H2,(H,25,28)(H2,24,26,29). The summed E-state index contributed by atoms with van der Waals surface area (Å²) in [5, 5.41) is 4.72. The van der Waals surface area contributed by atoms with Crippen molar-refractivity contribution in [3.63, 3.8) is 0 Å².